The summed E-state index contributed by atoms with van der Waals surface area (Å²) in [6, 6.07) is 9.12. The zero-order chi connectivity index (χ0) is 24.4. The maximum Gasteiger partial charge on any atom is 0.422 e. The molecule has 34 heavy (non-hydrogen) atoms. The Hall–Kier alpha value is -1.04. The molecule has 0 bridgehead atoms. The Morgan fingerprint density at radius 2 is 1.53 bits per heavy atom. The van der Waals surface area contributed by atoms with E-state index in [1.165, 1.54) is 82.8 Å². The quantitative estimate of drug-likeness (QED) is 0.158. The monoisotopic (exact) mass is 499 g/mol. The Kier molecular flexibility index (Phi) is 11.3. The fraction of sp³-hybridized carbons (Fsp3) is 0.786. The van der Waals surface area contributed by atoms with Crippen LogP contribution in [0.1, 0.15) is 102 Å². The summed E-state index contributed by atoms with van der Waals surface area (Å²) in [5, 5.41) is 0. The zero-order valence-corrected chi connectivity index (χ0v) is 21.9. The predicted molar refractivity (Wildman–Crippen MR) is 134 cm³/mol. The van der Waals surface area contributed by atoms with Gasteiger partial charge in [-0.1, -0.05) is 88.9 Å². The van der Waals surface area contributed by atoms with Gasteiger partial charge in [0.2, 0.25) is 0 Å². The van der Waals surface area contributed by atoms with E-state index in [4.69, 9.17) is 0 Å². The second-order valence-corrected chi connectivity index (χ2v) is 13.7. The SMILES string of the molecule is CCCCC[Si]1CCC(CCCCC2CCC(c3ccc(OCC(F)(F)F)c(F)c3)CC2)CC1. The molecular weight excluding hydrogens is 456 g/mol. The molecule has 1 saturated heterocycles. The van der Waals surface area contributed by atoms with Crippen LogP contribution < -0.4 is 4.74 Å². The van der Waals surface area contributed by atoms with Gasteiger partial charge in [-0.05, 0) is 61.1 Å². The molecule has 1 nitrogen and oxygen atoms in total. The summed E-state index contributed by atoms with van der Waals surface area (Å²) in [6.07, 6.45) is 12.6. The van der Waals surface area contributed by atoms with E-state index in [2.05, 4.69) is 11.7 Å². The van der Waals surface area contributed by atoms with Crippen LogP contribution in [-0.2, 0) is 0 Å². The second kappa shape index (κ2) is 13.9. The minimum Gasteiger partial charge on any atom is -0.481 e. The van der Waals surface area contributed by atoms with E-state index < -0.39 is 18.6 Å². The fourth-order valence-corrected chi connectivity index (χ4v) is 9.08. The van der Waals surface area contributed by atoms with Gasteiger partial charge in [0.25, 0.3) is 0 Å². The summed E-state index contributed by atoms with van der Waals surface area (Å²) in [5.41, 5.74) is 0.892. The van der Waals surface area contributed by atoms with Crippen molar-refractivity contribution in [2.24, 2.45) is 11.8 Å². The van der Waals surface area contributed by atoms with Crippen molar-refractivity contribution in [3.05, 3.63) is 29.6 Å². The number of ether oxygens (including phenoxy) is 1. The van der Waals surface area contributed by atoms with Crippen molar-refractivity contribution in [3.63, 3.8) is 0 Å². The van der Waals surface area contributed by atoms with Crippen molar-refractivity contribution in [2.75, 3.05) is 6.61 Å². The molecule has 1 radical (unpaired) electrons. The second-order valence-electron chi connectivity index (χ2n) is 10.7. The third kappa shape index (κ3) is 9.54. The minimum atomic E-state index is -4.46. The van der Waals surface area contributed by atoms with Gasteiger partial charge in [-0.25, -0.2) is 4.39 Å². The Bertz CT molecular complexity index is 707. The largest absolute Gasteiger partial charge is 0.481 e. The highest BCUT2D eigenvalue weighted by Crippen LogP contribution is 2.39. The summed E-state index contributed by atoms with van der Waals surface area (Å²) in [4.78, 5) is 0. The maximum absolute atomic E-state index is 14.2. The van der Waals surface area contributed by atoms with Gasteiger partial charge >= 0.3 is 6.18 Å². The highest BCUT2D eigenvalue weighted by atomic mass is 28.3. The highest BCUT2D eigenvalue weighted by Gasteiger charge is 2.29. The number of hydrogen-bond donors (Lipinski definition) is 0. The molecule has 1 aliphatic heterocycles. The zero-order valence-electron chi connectivity index (χ0n) is 20.9. The van der Waals surface area contributed by atoms with Gasteiger partial charge in [0.1, 0.15) is 0 Å². The van der Waals surface area contributed by atoms with E-state index in [1.807, 2.05) is 0 Å². The number of hydrogen-bond acceptors (Lipinski definition) is 1. The van der Waals surface area contributed by atoms with Crippen LogP contribution in [0.5, 0.6) is 5.75 Å². The van der Waals surface area contributed by atoms with Crippen LogP contribution in [0.3, 0.4) is 0 Å². The number of halogens is 4. The molecule has 1 aliphatic carbocycles. The molecule has 0 spiro atoms. The van der Waals surface area contributed by atoms with Crippen LogP contribution in [-0.4, -0.2) is 21.6 Å². The molecule has 1 aromatic rings. The van der Waals surface area contributed by atoms with Gasteiger partial charge in [-0.3, -0.25) is 0 Å². The van der Waals surface area contributed by atoms with Gasteiger partial charge in [0.05, 0.1) is 0 Å². The van der Waals surface area contributed by atoms with Crippen LogP contribution in [0.15, 0.2) is 18.2 Å². The van der Waals surface area contributed by atoms with Crippen LogP contribution in [0, 0.1) is 17.7 Å². The lowest BCUT2D eigenvalue weighted by atomic mass is 9.77. The lowest BCUT2D eigenvalue weighted by molar-refractivity contribution is -0.153. The summed E-state index contributed by atoms with van der Waals surface area (Å²) in [7, 11) is -0.0171. The third-order valence-corrected chi connectivity index (χ3v) is 11.1. The Morgan fingerprint density at radius 1 is 0.882 bits per heavy atom. The van der Waals surface area contributed by atoms with Crippen molar-refractivity contribution >= 4 is 8.80 Å². The molecule has 0 N–H and O–H groups in total. The number of rotatable bonds is 12. The van der Waals surface area contributed by atoms with Gasteiger partial charge in [0.15, 0.2) is 18.2 Å². The Morgan fingerprint density at radius 3 is 2.12 bits per heavy atom. The van der Waals surface area contributed by atoms with Crippen LogP contribution in [0.2, 0.25) is 18.1 Å². The number of alkyl halides is 3. The minimum absolute atomic E-state index is 0.0171. The molecule has 0 amide bonds. The molecule has 0 atom stereocenters. The van der Waals surface area contributed by atoms with Crippen molar-refractivity contribution in [2.45, 2.75) is 121 Å². The lowest BCUT2D eigenvalue weighted by Gasteiger charge is -2.30. The van der Waals surface area contributed by atoms with Crippen LogP contribution >= 0.6 is 0 Å². The molecule has 0 aromatic heterocycles. The molecule has 1 saturated carbocycles. The van der Waals surface area contributed by atoms with Gasteiger partial charge < -0.3 is 4.74 Å². The summed E-state index contributed by atoms with van der Waals surface area (Å²) in [5.74, 6) is 1.05. The average molecular weight is 500 g/mol. The smallest absolute Gasteiger partial charge is 0.422 e. The molecule has 1 aromatic carbocycles. The van der Waals surface area contributed by atoms with Crippen LogP contribution in [0.25, 0.3) is 0 Å². The molecule has 1 heterocycles. The molecule has 3 rings (SSSR count). The van der Waals surface area contributed by atoms with Crippen LogP contribution in [0.4, 0.5) is 17.6 Å². The van der Waals surface area contributed by atoms with Gasteiger partial charge in [0, 0.05) is 8.80 Å². The molecule has 193 valence electrons. The molecular formula is C28H43F4OSi. The van der Waals surface area contributed by atoms with Gasteiger partial charge in [-0.15, -0.1) is 0 Å². The third-order valence-electron chi connectivity index (χ3n) is 8.09. The van der Waals surface area contributed by atoms with E-state index >= 15 is 0 Å². The first kappa shape index (κ1) is 27.5. The number of benzene rings is 1. The highest BCUT2D eigenvalue weighted by molar-refractivity contribution is 6.58. The topological polar surface area (TPSA) is 9.23 Å². The van der Waals surface area contributed by atoms with Crippen molar-refractivity contribution < 1.29 is 22.3 Å². The maximum atomic E-state index is 14.2. The Labute approximate surface area is 205 Å². The molecule has 2 aliphatic rings. The predicted octanol–water partition coefficient (Wildman–Crippen LogP) is 9.70. The summed E-state index contributed by atoms with van der Waals surface area (Å²) >= 11 is 0. The van der Waals surface area contributed by atoms with Crippen molar-refractivity contribution in [3.8, 4) is 5.75 Å². The van der Waals surface area contributed by atoms with E-state index in [-0.39, 0.29) is 14.5 Å². The first-order valence-corrected chi connectivity index (χ1v) is 15.8. The van der Waals surface area contributed by atoms with E-state index in [1.54, 1.807) is 24.2 Å². The van der Waals surface area contributed by atoms with E-state index in [9.17, 15) is 17.6 Å². The first-order chi connectivity index (χ1) is 16.3. The molecule has 6 heteroatoms. The Balaban J connectivity index is 1.28. The van der Waals surface area contributed by atoms with Crippen molar-refractivity contribution in [1.29, 1.82) is 0 Å². The lowest BCUT2D eigenvalue weighted by Crippen LogP contribution is -2.21. The first-order valence-electron chi connectivity index (χ1n) is 13.7. The molecule has 0 unspecified atom stereocenters. The normalized spacial score (nSPS) is 22.7. The van der Waals surface area contributed by atoms with E-state index in [0.717, 1.165) is 30.2 Å². The average Bonchev–Trinajstić information content (AvgIpc) is 2.82. The van der Waals surface area contributed by atoms with E-state index in [0.29, 0.717) is 5.92 Å². The fourth-order valence-electron chi connectivity index (χ4n) is 5.95. The summed E-state index contributed by atoms with van der Waals surface area (Å²) in [6.45, 7) is 0.833. The number of unbranched alkanes of at least 4 members (excludes halogenated alkanes) is 3. The summed E-state index contributed by atoms with van der Waals surface area (Å²) < 4.78 is 55.7. The van der Waals surface area contributed by atoms with Gasteiger partial charge in [-0.2, -0.15) is 13.2 Å². The standard InChI is InChI=1S/C28H43F4OSi/c1-2-3-6-17-34-18-15-23(16-19-34)8-5-4-7-22-9-11-24(12-10-22)25-13-14-27(26(29)20-25)33-21-28(30,31)32/h13-14,20,22-24H,2-12,15-19,21H2,1H3. The molecule has 2 fully saturated rings. The van der Waals surface area contributed by atoms with Crippen molar-refractivity contribution in [1.82, 2.24) is 0 Å².